The number of nitro benzene ring substituents is 1. The molecule has 2 unspecified atom stereocenters. The maximum absolute atomic E-state index is 11.8. The Labute approximate surface area is 146 Å². The molecule has 1 heterocycles. The Kier molecular flexibility index (Phi) is 7.62. The average molecular weight is 353 g/mol. The normalized spacial score (nSPS) is 17.9. The van der Waals surface area contributed by atoms with Gasteiger partial charge in [-0.1, -0.05) is 0 Å². The monoisotopic (exact) mass is 353 g/mol. The molecule has 1 aromatic rings. The first-order chi connectivity index (χ1) is 12.1. The molecular formula is C17H23NO7. The summed E-state index contributed by atoms with van der Waals surface area (Å²) in [6.45, 7) is 3.38. The predicted octanol–water partition coefficient (Wildman–Crippen LogP) is 2.49. The fraction of sp³-hybridized carbons (Fsp3) is 0.588. The smallest absolute Gasteiger partial charge is 0.334 e. The number of nitrogens with zero attached hydrogens (tertiary/aromatic N) is 1. The Bertz CT molecular complexity index is 555. The molecule has 0 N–H and O–H groups in total. The summed E-state index contributed by atoms with van der Waals surface area (Å²) in [5.41, 5.74) is 0.0123. The van der Waals surface area contributed by atoms with Crippen LogP contribution < -0.4 is 4.74 Å². The minimum absolute atomic E-state index is 0.0123. The van der Waals surface area contributed by atoms with Crippen molar-refractivity contribution in [2.24, 2.45) is 0 Å². The number of benzene rings is 1. The van der Waals surface area contributed by atoms with Gasteiger partial charge in [0.25, 0.3) is 5.69 Å². The number of ether oxygens (including phenoxy) is 4. The van der Waals surface area contributed by atoms with Crippen molar-refractivity contribution >= 4 is 11.7 Å². The SMILES string of the molecule is CC(OCC1CCCO1)C(=O)OCCCOc1ccc([N+](=O)[O-])cc1. The fourth-order valence-corrected chi connectivity index (χ4v) is 2.30. The number of esters is 1. The minimum Gasteiger partial charge on any atom is -0.493 e. The molecule has 1 aliphatic heterocycles. The highest BCUT2D eigenvalue weighted by atomic mass is 16.6. The van der Waals surface area contributed by atoms with Crippen LogP contribution in [0.4, 0.5) is 5.69 Å². The second-order valence-corrected chi connectivity index (χ2v) is 5.73. The molecule has 1 saturated heterocycles. The summed E-state index contributed by atoms with van der Waals surface area (Å²) in [6, 6.07) is 5.82. The van der Waals surface area contributed by atoms with Crippen LogP contribution in [-0.2, 0) is 19.0 Å². The van der Waals surface area contributed by atoms with Crippen molar-refractivity contribution in [1.82, 2.24) is 0 Å². The maximum atomic E-state index is 11.8. The Hall–Kier alpha value is -2.19. The highest BCUT2D eigenvalue weighted by Crippen LogP contribution is 2.17. The first-order valence-corrected chi connectivity index (χ1v) is 8.33. The quantitative estimate of drug-likeness (QED) is 0.276. The molecule has 25 heavy (non-hydrogen) atoms. The molecule has 0 saturated carbocycles. The summed E-state index contributed by atoms with van der Waals surface area (Å²) >= 11 is 0. The first kappa shape index (κ1) is 19.1. The van der Waals surface area contributed by atoms with Crippen LogP contribution in [0.2, 0.25) is 0 Å². The molecule has 138 valence electrons. The molecule has 1 aromatic carbocycles. The van der Waals surface area contributed by atoms with Crippen LogP contribution >= 0.6 is 0 Å². The standard InChI is InChI=1S/C17H23NO7/c1-13(25-12-16-4-2-9-23-16)17(19)24-11-3-10-22-15-7-5-14(6-8-15)18(20)21/h5-8,13,16H,2-4,9-12H2,1H3. The van der Waals surface area contributed by atoms with Crippen molar-refractivity contribution in [3.8, 4) is 5.75 Å². The summed E-state index contributed by atoms with van der Waals surface area (Å²) in [5, 5.41) is 10.6. The molecule has 0 radical (unpaired) electrons. The highest BCUT2D eigenvalue weighted by molar-refractivity contribution is 5.74. The largest absolute Gasteiger partial charge is 0.493 e. The molecular weight excluding hydrogens is 330 g/mol. The van der Waals surface area contributed by atoms with E-state index in [4.69, 9.17) is 18.9 Å². The van der Waals surface area contributed by atoms with E-state index in [1.165, 1.54) is 24.3 Å². The van der Waals surface area contributed by atoms with E-state index in [0.717, 1.165) is 19.4 Å². The molecule has 2 rings (SSSR count). The van der Waals surface area contributed by atoms with Crippen LogP contribution in [0, 0.1) is 10.1 Å². The van der Waals surface area contributed by atoms with Gasteiger partial charge in [-0.05, 0) is 31.9 Å². The number of carbonyl (C=O) groups is 1. The van der Waals surface area contributed by atoms with Gasteiger partial charge in [0.1, 0.15) is 5.75 Å². The molecule has 0 aliphatic carbocycles. The molecule has 2 atom stereocenters. The van der Waals surface area contributed by atoms with E-state index in [1.807, 2.05) is 0 Å². The van der Waals surface area contributed by atoms with Gasteiger partial charge in [-0.25, -0.2) is 4.79 Å². The number of non-ortho nitro benzene ring substituents is 1. The van der Waals surface area contributed by atoms with Crippen molar-refractivity contribution in [2.75, 3.05) is 26.4 Å². The second-order valence-electron chi connectivity index (χ2n) is 5.73. The van der Waals surface area contributed by atoms with E-state index in [1.54, 1.807) is 6.92 Å². The third kappa shape index (κ3) is 6.67. The number of carbonyl (C=O) groups excluding carboxylic acids is 1. The first-order valence-electron chi connectivity index (χ1n) is 8.33. The van der Waals surface area contributed by atoms with Gasteiger partial charge in [0.2, 0.25) is 0 Å². The summed E-state index contributed by atoms with van der Waals surface area (Å²) < 4.78 is 21.5. The van der Waals surface area contributed by atoms with Crippen LogP contribution in [0.15, 0.2) is 24.3 Å². The molecule has 8 heteroatoms. The van der Waals surface area contributed by atoms with Crippen molar-refractivity contribution < 1.29 is 28.7 Å². The molecule has 8 nitrogen and oxygen atoms in total. The lowest BCUT2D eigenvalue weighted by atomic mass is 10.2. The van der Waals surface area contributed by atoms with Gasteiger partial charge in [0.15, 0.2) is 6.10 Å². The number of hydrogen-bond donors (Lipinski definition) is 0. The van der Waals surface area contributed by atoms with Crippen molar-refractivity contribution in [1.29, 1.82) is 0 Å². The van der Waals surface area contributed by atoms with Crippen LogP contribution in [0.5, 0.6) is 5.75 Å². The minimum atomic E-state index is -0.625. The maximum Gasteiger partial charge on any atom is 0.334 e. The third-order valence-electron chi connectivity index (χ3n) is 3.74. The predicted molar refractivity (Wildman–Crippen MR) is 88.6 cm³/mol. The highest BCUT2D eigenvalue weighted by Gasteiger charge is 2.20. The van der Waals surface area contributed by atoms with E-state index >= 15 is 0 Å². The Morgan fingerprint density at radius 2 is 2.12 bits per heavy atom. The summed E-state index contributed by atoms with van der Waals surface area (Å²) in [6.07, 6.45) is 1.95. The van der Waals surface area contributed by atoms with Gasteiger partial charge in [0.05, 0.1) is 30.8 Å². The van der Waals surface area contributed by atoms with Gasteiger partial charge in [-0.2, -0.15) is 0 Å². The summed E-state index contributed by atoms with van der Waals surface area (Å²) in [4.78, 5) is 21.9. The average Bonchev–Trinajstić information content (AvgIpc) is 3.13. The van der Waals surface area contributed by atoms with E-state index in [-0.39, 0.29) is 18.4 Å². The van der Waals surface area contributed by atoms with Gasteiger partial charge < -0.3 is 18.9 Å². The number of nitro groups is 1. The molecule has 1 fully saturated rings. The third-order valence-corrected chi connectivity index (χ3v) is 3.74. The zero-order valence-corrected chi connectivity index (χ0v) is 14.2. The van der Waals surface area contributed by atoms with Crippen molar-refractivity contribution in [2.45, 2.75) is 38.4 Å². The Morgan fingerprint density at radius 1 is 1.36 bits per heavy atom. The molecule has 0 aromatic heterocycles. The molecule has 0 bridgehead atoms. The lowest BCUT2D eigenvalue weighted by Gasteiger charge is -2.15. The molecule has 1 aliphatic rings. The van der Waals surface area contributed by atoms with Crippen LogP contribution in [-0.4, -0.2) is 49.5 Å². The van der Waals surface area contributed by atoms with E-state index in [0.29, 0.717) is 25.4 Å². The zero-order valence-electron chi connectivity index (χ0n) is 14.2. The number of hydrogen-bond acceptors (Lipinski definition) is 7. The van der Waals surface area contributed by atoms with Crippen molar-refractivity contribution in [3.05, 3.63) is 34.4 Å². The molecule has 0 amide bonds. The van der Waals surface area contributed by atoms with Crippen LogP contribution in [0.1, 0.15) is 26.2 Å². The Balaban J connectivity index is 1.55. The van der Waals surface area contributed by atoms with E-state index < -0.39 is 17.0 Å². The summed E-state index contributed by atoms with van der Waals surface area (Å²) in [7, 11) is 0. The fourth-order valence-electron chi connectivity index (χ4n) is 2.30. The van der Waals surface area contributed by atoms with Crippen LogP contribution in [0.25, 0.3) is 0 Å². The van der Waals surface area contributed by atoms with Gasteiger partial charge in [0, 0.05) is 25.2 Å². The lowest BCUT2D eigenvalue weighted by Crippen LogP contribution is -2.27. The number of rotatable bonds is 10. The zero-order chi connectivity index (χ0) is 18.1. The second kappa shape index (κ2) is 9.95. The van der Waals surface area contributed by atoms with Crippen LogP contribution in [0.3, 0.4) is 0 Å². The Morgan fingerprint density at radius 3 is 2.76 bits per heavy atom. The van der Waals surface area contributed by atoms with E-state index in [2.05, 4.69) is 0 Å². The van der Waals surface area contributed by atoms with E-state index in [9.17, 15) is 14.9 Å². The van der Waals surface area contributed by atoms with Gasteiger partial charge in [-0.3, -0.25) is 10.1 Å². The summed E-state index contributed by atoms with van der Waals surface area (Å²) in [5.74, 6) is 0.124. The van der Waals surface area contributed by atoms with Gasteiger partial charge in [-0.15, -0.1) is 0 Å². The lowest BCUT2D eigenvalue weighted by molar-refractivity contribution is -0.384. The van der Waals surface area contributed by atoms with Gasteiger partial charge >= 0.3 is 5.97 Å². The van der Waals surface area contributed by atoms with Crippen molar-refractivity contribution in [3.63, 3.8) is 0 Å². The topological polar surface area (TPSA) is 97.1 Å². The molecule has 0 spiro atoms.